The molecular formula is C28H42N2O2. The molecule has 4 nitrogen and oxygen atoms in total. The molecule has 0 N–H and O–H groups in total. The predicted octanol–water partition coefficient (Wildman–Crippen LogP) is 7.87. The van der Waals surface area contributed by atoms with Crippen LogP contribution in [-0.4, -0.2) is 22.5 Å². The van der Waals surface area contributed by atoms with Gasteiger partial charge in [0.15, 0.2) is 0 Å². The Hall–Kier alpha value is -2.23. The Bertz CT molecular complexity index is 816. The van der Waals surface area contributed by atoms with Crippen molar-refractivity contribution in [2.75, 3.05) is 6.61 Å². The van der Waals surface area contributed by atoms with Crippen molar-refractivity contribution in [1.29, 1.82) is 0 Å². The largest absolute Gasteiger partial charge is 0.460 e. The number of allylic oxidation sites excluding steroid dienone is 5. The van der Waals surface area contributed by atoms with E-state index in [0.29, 0.717) is 6.61 Å². The lowest BCUT2D eigenvalue weighted by atomic mass is 9.72. The van der Waals surface area contributed by atoms with Crippen LogP contribution in [0.4, 0.5) is 0 Å². The van der Waals surface area contributed by atoms with E-state index < -0.39 is 5.97 Å². The van der Waals surface area contributed by atoms with E-state index in [2.05, 4.69) is 56.7 Å². The Morgan fingerprint density at radius 2 is 1.75 bits per heavy atom. The molecule has 1 aromatic heterocycles. The zero-order valence-corrected chi connectivity index (χ0v) is 20.9. The molecule has 0 fully saturated rings. The topological polar surface area (TPSA) is 52.1 Å². The SMILES string of the molecule is CCCCCCCCCOC(=O)c1ncc(/C=C(C)/C=C/C2=C(C)CCCC2(C)C)cn1. The maximum absolute atomic E-state index is 12.1. The first-order valence-electron chi connectivity index (χ1n) is 12.4. The summed E-state index contributed by atoms with van der Waals surface area (Å²) in [6, 6.07) is 0. The molecule has 32 heavy (non-hydrogen) atoms. The second-order valence-electron chi connectivity index (χ2n) is 9.75. The van der Waals surface area contributed by atoms with Crippen molar-refractivity contribution in [2.45, 2.75) is 98.8 Å². The van der Waals surface area contributed by atoms with Gasteiger partial charge in [0, 0.05) is 18.0 Å². The molecule has 0 unspecified atom stereocenters. The summed E-state index contributed by atoms with van der Waals surface area (Å²) in [7, 11) is 0. The number of hydrogen-bond donors (Lipinski definition) is 0. The van der Waals surface area contributed by atoms with Crippen molar-refractivity contribution in [1.82, 2.24) is 9.97 Å². The van der Waals surface area contributed by atoms with Crippen molar-refractivity contribution in [3.05, 3.63) is 52.7 Å². The van der Waals surface area contributed by atoms with Gasteiger partial charge in [0.25, 0.3) is 0 Å². The van der Waals surface area contributed by atoms with E-state index in [9.17, 15) is 4.79 Å². The Morgan fingerprint density at radius 3 is 2.41 bits per heavy atom. The van der Waals surface area contributed by atoms with Crippen molar-refractivity contribution < 1.29 is 9.53 Å². The molecule has 0 aromatic carbocycles. The van der Waals surface area contributed by atoms with Gasteiger partial charge >= 0.3 is 5.97 Å². The number of nitrogens with zero attached hydrogens (tertiary/aromatic N) is 2. The number of carbonyl (C=O) groups excluding carboxylic acids is 1. The first-order valence-corrected chi connectivity index (χ1v) is 12.4. The molecule has 176 valence electrons. The van der Waals surface area contributed by atoms with Crippen LogP contribution in [0.2, 0.25) is 0 Å². The highest BCUT2D eigenvalue weighted by Crippen LogP contribution is 2.40. The zero-order valence-electron chi connectivity index (χ0n) is 20.9. The van der Waals surface area contributed by atoms with Gasteiger partial charge in [0.2, 0.25) is 5.82 Å². The monoisotopic (exact) mass is 438 g/mol. The molecule has 2 rings (SSSR count). The van der Waals surface area contributed by atoms with Gasteiger partial charge in [-0.05, 0) is 56.6 Å². The Kier molecular flexibility index (Phi) is 10.9. The summed E-state index contributed by atoms with van der Waals surface area (Å²) in [6.07, 6.45) is 21.9. The van der Waals surface area contributed by atoms with Gasteiger partial charge in [-0.1, -0.05) is 82.6 Å². The fourth-order valence-electron chi connectivity index (χ4n) is 4.34. The van der Waals surface area contributed by atoms with Crippen molar-refractivity contribution >= 4 is 12.0 Å². The molecule has 1 heterocycles. The smallest absolute Gasteiger partial charge is 0.376 e. The average molecular weight is 439 g/mol. The average Bonchev–Trinajstić information content (AvgIpc) is 2.75. The molecule has 1 aliphatic rings. The standard InChI is InChI=1S/C28H42N2O2/c1-6-7-8-9-10-11-12-18-32-27(31)26-29-20-24(21-30-26)19-22(2)15-16-25-23(3)14-13-17-28(25,4)5/h15-16,19-21H,6-14,17-18H2,1-5H3/b16-15+,22-19+. The minimum atomic E-state index is -0.440. The van der Waals surface area contributed by atoms with Gasteiger partial charge in [-0.3, -0.25) is 0 Å². The van der Waals surface area contributed by atoms with E-state index >= 15 is 0 Å². The Labute approximate surface area is 195 Å². The van der Waals surface area contributed by atoms with Crippen LogP contribution < -0.4 is 0 Å². The van der Waals surface area contributed by atoms with Crippen LogP contribution in [0.5, 0.6) is 0 Å². The molecule has 0 aliphatic heterocycles. The van der Waals surface area contributed by atoms with Crippen LogP contribution in [0.3, 0.4) is 0 Å². The lowest BCUT2D eigenvalue weighted by Crippen LogP contribution is -2.19. The highest BCUT2D eigenvalue weighted by atomic mass is 16.5. The molecule has 1 aromatic rings. The number of esters is 1. The first kappa shape index (κ1) is 26.0. The summed E-state index contributed by atoms with van der Waals surface area (Å²) in [6.45, 7) is 11.6. The molecule has 0 saturated carbocycles. The summed E-state index contributed by atoms with van der Waals surface area (Å²) >= 11 is 0. The second kappa shape index (κ2) is 13.3. The zero-order chi connectivity index (χ0) is 23.4. The van der Waals surface area contributed by atoms with Crippen LogP contribution in [0, 0.1) is 5.41 Å². The molecule has 0 bridgehead atoms. The van der Waals surface area contributed by atoms with E-state index in [1.807, 2.05) is 6.08 Å². The molecule has 1 aliphatic carbocycles. The number of unbranched alkanes of at least 4 members (excludes halogenated alkanes) is 6. The second-order valence-corrected chi connectivity index (χ2v) is 9.75. The van der Waals surface area contributed by atoms with Gasteiger partial charge in [0.05, 0.1) is 6.61 Å². The summed E-state index contributed by atoms with van der Waals surface area (Å²) in [5.41, 5.74) is 5.19. The summed E-state index contributed by atoms with van der Waals surface area (Å²) in [5, 5.41) is 0. The van der Waals surface area contributed by atoms with Crippen LogP contribution in [0.25, 0.3) is 6.08 Å². The van der Waals surface area contributed by atoms with Crippen LogP contribution in [-0.2, 0) is 4.74 Å². The fraction of sp³-hybridized carbons (Fsp3) is 0.607. The number of rotatable bonds is 12. The lowest BCUT2D eigenvalue weighted by molar-refractivity contribution is 0.0483. The molecule has 0 atom stereocenters. The fourth-order valence-corrected chi connectivity index (χ4v) is 4.34. The third-order valence-corrected chi connectivity index (χ3v) is 6.29. The number of ether oxygens (including phenoxy) is 1. The van der Waals surface area contributed by atoms with E-state index in [1.54, 1.807) is 12.4 Å². The van der Waals surface area contributed by atoms with Gasteiger partial charge in [-0.15, -0.1) is 0 Å². The van der Waals surface area contributed by atoms with E-state index in [1.165, 1.54) is 62.5 Å². The quantitative estimate of drug-likeness (QED) is 0.189. The van der Waals surface area contributed by atoms with Crippen LogP contribution in [0.1, 0.15) is 115 Å². The normalized spacial score (nSPS) is 16.6. The molecular weight excluding hydrogens is 396 g/mol. The first-order chi connectivity index (χ1) is 15.3. The van der Waals surface area contributed by atoms with Gasteiger partial charge < -0.3 is 4.74 Å². The van der Waals surface area contributed by atoms with E-state index in [0.717, 1.165) is 24.0 Å². The highest BCUT2D eigenvalue weighted by molar-refractivity contribution is 5.85. The van der Waals surface area contributed by atoms with Crippen LogP contribution >= 0.6 is 0 Å². The van der Waals surface area contributed by atoms with Crippen molar-refractivity contribution in [2.24, 2.45) is 5.41 Å². The van der Waals surface area contributed by atoms with Crippen molar-refractivity contribution in [3.8, 4) is 0 Å². The Balaban J connectivity index is 1.82. The molecule has 0 saturated heterocycles. The van der Waals surface area contributed by atoms with Gasteiger partial charge in [0.1, 0.15) is 0 Å². The summed E-state index contributed by atoms with van der Waals surface area (Å²) in [4.78, 5) is 20.5. The number of carbonyl (C=O) groups is 1. The van der Waals surface area contributed by atoms with Crippen molar-refractivity contribution in [3.63, 3.8) is 0 Å². The Morgan fingerprint density at radius 1 is 1.09 bits per heavy atom. The van der Waals surface area contributed by atoms with E-state index in [4.69, 9.17) is 4.74 Å². The molecule has 4 heteroatoms. The van der Waals surface area contributed by atoms with Gasteiger partial charge in [-0.25, -0.2) is 14.8 Å². The maximum atomic E-state index is 12.1. The number of aromatic nitrogens is 2. The predicted molar refractivity (Wildman–Crippen MR) is 133 cm³/mol. The molecule has 0 spiro atoms. The van der Waals surface area contributed by atoms with Gasteiger partial charge in [-0.2, -0.15) is 0 Å². The summed E-state index contributed by atoms with van der Waals surface area (Å²) in [5.74, 6) is -0.312. The molecule has 0 radical (unpaired) electrons. The van der Waals surface area contributed by atoms with E-state index in [-0.39, 0.29) is 11.2 Å². The minimum Gasteiger partial charge on any atom is -0.460 e. The third kappa shape index (κ3) is 8.72. The van der Waals surface area contributed by atoms with Crippen LogP contribution in [0.15, 0.2) is 41.3 Å². The summed E-state index contributed by atoms with van der Waals surface area (Å²) < 4.78 is 5.32. The number of hydrogen-bond acceptors (Lipinski definition) is 4. The lowest BCUT2D eigenvalue weighted by Gasteiger charge is -2.32. The molecule has 0 amide bonds. The maximum Gasteiger partial charge on any atom is 0.376 e. The minimum absolute atomic E-state index is 0.128. The third-order valence-electron chi connectivity index (χ3n) is 6.29. The highest BCUT2D eigenvalue weighted by Gasteiger charge is 2.26.